The Balaban J connectivity index is 2.29. The predicted octanol–water partition coefficient (Wildman–Crippen LogP) is 1.29. The van der Waals surface area contributed by atoms with Gasteiger partial charge in [0.15, 0.2) is 10.7 Å². The number of rotatable bonds is 5. The lowest BCUT2D eigenvalue weighted by molar-refractivity contribution is 0.521. The van der Waals surface area contributed by atoms with Crippen LogP contribution >= 0.6 is 11.5 Å². The molecule has 0 atom stereocenters. The molecule has 2 aromatic heterocycles. The third-order valence-corrected chi connectivity index (χ3v) is 5.84. The minimum Gasteiger partial charge on any atom is -0.382 e. The summed E-state index contributed by atoms with van der Waals surface area (Å²) >= 11 is 1.03. The molecule has 0 bridgehead atoms. The van der Waals surface area contributed by atoms with Crippen molar-refractivity contribution in [3.05, 3.63) is 29.6 Å². The molecule has 2 aromatic rings. The van der Waals surface area contributed by atoms with E-state index in [2.05, 4.69) is 14.7 Å². The summed E-state index contributed by atoms with van der Waals surface area (Å²) < 4.78 is 29.6. The maximum absolute atomic E-state index is 12.3. The minimum atomic E-state index is -3.63. The molecule has 0 unspecified atom stereocenters. The summed E-state index contributed by atoms with van der Waals surface area (Å²) in [5, 5.41) is 3.52. The molecule has 3 N–H and O–H groups in total. The van der Waals surface area contributed by atoms with Crippen molar-refractivity contribution < 1.29 is 8.42 Å². The van der Waals surface area contributed by atoms with Crippen molar-refractivity contribution in [1.29, 1.82) is 0 Å². The van der Waals surface area contributed by atoms with E-state index >= 15 is 0 Å². The molecular weight excluding hydrogens is 310 g/mol. The number of aryl methyl sites for hydroxylation is 1. The molecule has 0 spiro atoms. The van der Waals surface area contributed by atoms with Crippen LogP contribution in [0.15, 0.2) is 23.4 Å². The van der Waals surface area contributed by atoms with Crippen molar-refractivity contribution >= 4 is 32.4 Å². The van der Waals surface area contributed by atoms with Crippen LogP contribution in [0.5, 0.6) is 0 Å². The molecule has 0 fully saturated rings. The minimum absolute atomic E-state index is 0.0131. The maximum atomic E-state index is 12.3. The van der Waals surface area contributed by atoms with E-state index in [4.69, 9.17) is 5.73 Å². The molecule has 0 radical (unpaired) electrons. The van der Waals surface area contributed by atoms with Gasteiger partial charge in [-0.1, -0.05) is 0 Å². The second kappa shape index (κ2) is 5.96. The highest BCUT2D eigenvalue weighted by atomic mass is 32.2. The number of nitrogens with two attached hydrogens (primary N) is 1. The Bertz CT molecular complexity index is 740. The van der Waals surface area contributed by atoms with E-state index in [1.807, 2.05) is 13.0 Å². The number of hydrogen-bond donors (Lipinski definition) is 2. The number of anilines is 2. The lowest BCUT2D eigenvalue weighted by Crippen LogP contribution is -2.23. The number of sulfonamides is 1. The number of nitrogens with zero attached hydrogens (tertiary/aromatic N) is 3. The van der Waals surface area contributed by atoms with E-state index < -0.39 is 10.0 Å². The van der Waals surface area contributed by atoms with Gasteiger partial charge in [-0.25, -0.2) is 12.7 Å². The van der Waals surface area contributed by atoms with E-state index in [0.29, 0.717) is 11.5 Å². The zero-order chi connectivity index (χ0) is 15.6. The number of nitrogens with one attached hydrogen (secondary N) is 1. The van der Waals surface area contributed by atoms with Crippen LogP contribution < -0.4 is 11.1 Å². The SMILES string of the molecule is Cc1ccncc1CNc1snc(N)c1S(=O)(=O)N(C)C. The van der Waals surface area contributed by atoms with Crippen LogP contribution in [-0.2, 0) is 16.6 Å². The zero-order valence-electron chi connectivity index (χ0n) is 12.0. The molecular formula is C12H17N5O2S2. The zero-order valence-corrected chi connectivity index (χ0v) is 13.6. The Hall–Kier alpha value is -1.71. The van der Waals surface area contributed by atoms with Crippen molar-refractivity contribution in [2.45, 2.75) is 18.4 Å². The molecule has 21 heavy (non-hydrogen) atoms. The Morgan fingerprint density at radius 2 is 2.14 bits per heavy atom. The summed E-state index contributed by atoms with van der Waals surface area (Å²) in [5.74, 6) is 0.0131. The quantitative estimate of drug-likeness (QED) is 0.858. The predicted molar refractivity (Wildman–Crippen MR) is 83.7 cm³/mol. The van der Waals surface area contributed by atoms with Crippen LogP contribution in [0.1, 0.15) is 11.1 Å². The Morgan fingerprint density at radius 3 is 2.76 bits per heavy atom. The molecule has 0 saturated carbocycles. The van der Waals surface area contributed by atoms with E-state index in [9.17, 15) is 8.42 Å². The van der Waals surface area contributed by atoms with Crippen molar-refractivity contribution in [2.24, 2.45) is 0 Å². The number of aromatic nitrogens is 2. The fourth-order valence-corrected chi connectivity index (χ4v) is 3.77. The topological polar surface area (TPSA) is 101 Å². The molecule has 2 heterocycles. The first kappa shape index (κ1) is 15.7. The Kier molecular flexibility index (Phi) is 4.45. The highest BCUT2D eigenvalue weighted by Crippen LogP contribution is 2.33. The second-order valence-electron chi connectivity index (χ2n) is 4.67. The maximum Gasteiger partial charge on any atom is 0.249 e. The normalized spacial score (nSPS) is 11.8. The fourth-order valence-electron chi connectivity index (χ4n) is 1.70. The standard InChI is InChI=1S/C12H17N5O2S2/c1-8-4-5-14-6-9(8)7-15-12-10(11(13)16-20-12)21(18,19)17(2)3/h4-6,15H,7H2,1-3H3,(H2,13,16). The van der Waals surface area contributed by atoms with Crippen LogP contribution in [-0.4, -0.2) is 36.2 Å². The number of hydrogen-bond acceptors (Lipinski definition) is 7. The average Bonchev–Trinajstić information content (AvgIpc) is 2.79. The third-order valence-electron chi connectivity index (χ3n) is 3.00. The van der Waals surface area contributed by atoms with E-state index in [1.54, 1.807) is 12.4 Å². The van der Waals surface area contributed by atoms with Gasteiger partial charge < -0.3 is 11.1 Å². The van der Waals surface area contributed by atoms with Crippen LogP contribution in [0.3, 0.4) is 0 Å². The number of nitrogen functional groups attached to an aromatic ring is 1. The highest BCUT2D eigenvalue weighted by molar-refractivity contribution is 7.89. The highest BCUT2D eigenvalue weighted by Gasteiger charge is 2.27. The molecule has 7 nitrogen and oxygen atoms in total. The van der Waals surface area contributed by atoms with Crippen LogP contribution in [0.4, 0.5) is 10.8 Å². The van der Waals surface area contributed by atoms with E-state index in [-0.39, 0.29) is 10.7 Å². The van der Waals surface area contributed by atoms with Gasteiger partial charge in [0.25, 0.3) is 0 Å². The summed E-state index contributed by atoms with van der Waals surface area (Å²) in [7, 11) is -0.712. The summed E-state index contributed by atoms with van der Waals surface area (Å²) in [6.07, 6.45) is 3.46. The third kappa shape index (κ3) is 3.14. The smallest absolute Gasteiger partial charge is 0.249 e. The molecule has 0 aliphatic rings. The van der Waals surface area contributed by atoms with Gasteiger partial charge in [-0.05, 0) is 35.6 Å². The van der Waals surface area contributed by atoms with E-state index in [1.165, 1.54) is 14.1 Å². The summed E-state index contributed by atoms with van der Waals surface area (Å²) in [5.41, 5.74) is 7.77. The number of pyridine rings is 1. The molecule has 0 saturated heterocycles. The van der Waals surface area contributed by atoms with Crippen LogP contribution in [0.2, 0.25) is 0 Å². The molecule has 9 heteroatoms. The van der Waals surface area contributed by atoms with Gasteiger partial charge in [0.1, 0.15) is 5.00 Å². The van der Waals surface area contributed by atoms with Crippen LogP contribution in [0.25, 0.3) is 0 Å². The molecule has 0 amide bonds. The lowest BCUT2D eigenvalue weighted by Gasteiger charge is -2.13. The van der Waals surface area contributed by atoms with Gasteiger partial charge in [0, 0.05) is 33.0 Å². The summed E-state index contributed by atoms with van der Waals surface area (Å²) in [6, 6.07) is 1.90. The largest absolute Gasteiger partial charge is 0.382 e. The second-order valence-corrected chi connectivity index (χ2v) is 7.53. The first-order valence-electron chi connectivity index (χ1n) is 6.15. The molecule has 0 aliphatic carbocycles. The fraction of sp³-hybridized carbons (Fsp3) is 0.333. The van der Waals surface area contributed by atoms with Gasteiger partial charge in [0.2, 0.25) is 10.0 Å². The Labute approximate surface area is 128 Å². The van der Waals surface area contributed by atoms with Crippen molar-refractivity contribution in [3.63, 3.8) is 0 Å². The van der Waals surface area contributed by atoms with Crippen molar-refractivity contribution in [1.82, 2.24) is 13.7 Å². The van der Waals surface area contributed by atoms with Gasteiger partial charge in [0.05, 0.1) is 0 Å². The van der Waals surface area contributed by atoms with E-state index in [0.717, 1.165) is 27.0 Å². The first-order chi connectivity index (χ1) is 9.84. The summed E-state index contributed by atoms with van der Waals surface area (Å²) in [6.45, 7) is 2.43. The molecule has 0 aromatic carbocycles. The summed E-state index contributed by atoms with van der Waals surface area (Å²) in [4.78, 5) is 4.09. The molecule has 2 rings (SSSR count). The van der Waals surface area contributed by atoms with Crippen LogP contribution in [0, 0.1) is 6.92 Å². The first-order valence-corrected chi connectivity index (χ1v) is 8.36. The monoisotopic (exact) mass is 327 g/mol. The van der Waals surface area contributed by atoms with Gasteiger partial charge >= 0.3 is 0 Å². The van der Waals surface area contributed by atoms with Crippen molar-refractivity contribution in [2.75, 3.05) is 25.1 Å². The molecule has 0 aliphatic heterocycles. The molecule has 114 valence electrons. The van der Waals surface area contributed by atoms with Gasteiger partial charge in [-0.15, -0.1) is 0 Å². The Morgan fingerprint density at radius 1 is 1.43 bits per heavy atom. The van der Waals surface area contributed by atoms with Gasteiger partial charge in [-0.3, -0.25) is 4.98 Å². The van der Waals surface area contributed by atoms with Gasteiger partial charge in [-0.2, -0.15) is 4.37 Å². The lowest BCUT2D eigenvalue weighted by atomic mass is 10.2. The average molecular weight is 327 g/mol. The van der Waals surface area contributed by atoms with Crippen molar-refractivity contribution in [3.8, 4) is 0 Å².